The zero-order chi connectivity index (χ0) is 8.55. The van der Waals surface area contributed by atoms with Gasteiger partial charge in [0.15, 0.2) is 0 Å². The van der Waals surface area contributed by atoms with Crippen LogP contribution in [0.4, 0.5) is 0 Å². The molecule has 68 valence electrons. The van der Waals surface area contributed by atoms with Gasteiger partial charge in [0.05, 0.1) is 0 Å². The molecule has 2 rings (SSSR count). The average molecular weight is 184 g/mol. The van der Waals surface area contributed by atoms with Crippen LogP contribution in [0.3, 0.4) is 0 Å². The van der Waals surface area contributed by atoms with Crippen molar-refractivity contribution in [3.63, 3.8) is 0 Å². The zero-order valence-electron chi connectivity index (χ0n) is 7.69. The van der Waals surface area contributed by atoms with E-state index in [0.717, 1.165) is 17.4 Å². The van der Waals surface area contributed by atoms with E-state index in [2.05, 4.69) is 12.2 Å². The van der Waals surface area contributed by atoms with Crippen molar-refractivity contribution >= 4 is 9.28 Å². The molecule has 0 aromatic rings. The van der Waals surface area contributed by atoms with Crippen molar-refractivity contribution in [2.45, 2.75) is 18.4 Å². The molecule has 2 aliphatic rings. The van der Waals surface area contributed by atoms with Gasteiger partial charge in [0.2, 0.25) is 0 Å². The van der Waals surface area contributed by atoms with Gasteiger partial charge in [-0.15, -0.1) is 0 Å². The lowest BCUT2D eigenvalue weighted by Gasteiger charge is -2.23. The topological polar surface area (TPSA) is 18.5 Å². The van der Waals surface area contributed by atoms with Gasteiger partial charge in [0, 0.05) is 19.8 Å². The highest BCUT2D eigenvalue weighted by Gasteiger charge is 2.41. The fourth-order valence-electron chi connectivity index (χ4n) is 2.58. The normalized spacial score (nSPS) is 38.4. The Kier molecular flexibility index (Phi) is 2.34. The first-order valence-corrected chi connectivity index (χ1v) is 6.20. The standard InChI is InChI=1S/C9H16O2Si/c1-10-12(11-2)9-6-7-3-4-8(9)5-7/h3-4,7-9,12H,5-6H2,1-2H3. The van der Waals surface area contributed by atoms with Crippen LogP contribution in [-0.2, 0) is 8.85 Å². The predicted molar refractivity (Wildman–Crippen MR) is 50.3 cm³/mol. The van der Waals surface area contributed by atoms with Crippen LogP contribution >= 0.6 is 0 Å². The molecule has 0 aromatic heterocycles. The molecule has 3 unspecified atom stereocenters. The molecule has 0 amide bonds. The van der Waals surface area contributed by atoms with Crippen LogP contribution < -0.4 is 0 Å². The van der Waals surface area contributed by atoms with Crippen LogP contribution in [0.25, 0.3) is 0 Å². The molecule has 0 radical (unpaired) electrons. The lowest BCUT2D eigenvalue weighted by atomic mass is 10.1. The number of hydrogen-bond acceptors (Lipinski definition) is 2. The van der Waals surface area contributed by atoms with E-state index in [1.54, 1.807) is 14.2 Å². The van der Waals surface area contributed by atoms with E-state index in [1.165, 1.54) is 12.8 Å². The molecule has 0 spiro atoms. The summed E-state index contributed by atoms with van der Waals surface area (Å²) in [5, 5.41) is 0. The molecule has 1 saturated carbocycles. The Morgan fingerprint density at radius 3 is 2.33 bits per heavy atom. The van der Waals surface area contributed by atoms with Crippen molar-refractivity contribution in [1.82, 2.24) is 0 Å². The Morgan fingerprint density at radius 1 is 1.17 bits per heavy atom. The molecule has 0 aliphatic heterocycles. The van der Waals surface area contributed by atoms with E-state index in [1.807, 2.05) is 0 Å². The molecule has 0 heterocycles. The highest BCUT2D eigenvalue weighted by molar-refractivity contribution is 6.46. The van der Waals surface area contributed by atoms with Crippen LogP contribution in [0, 0.1) is 11.8 Å². The van der Waals surface area contributed by atoms with Crippen molar-refractivity contribution in [3.8, 4) is 0 Å². The first-order valence-electron chi connectivity index (χ1n) is 4.59. The SMILES string of the molecule is CO[SiH](OC)C1CC2C=CC1C2. The minimum absolute atomic E-state index is 0.731. The predicted octanol–water partition coefficient (Wildman–Crippen LogP) is 1.47. The summed E-state index contributed by atoms with van der Waals surface area (Å²) < 4.78 is 10.8. The van der Waals surface area contributed by atoms with Crippen molar-refractivity contribution in [3.05, 3.63) is 12.2 Å². The van der Waals surface area contributed by atoms with E-state index >= 15 is 0 Å². The Morgan fingerprint density at radius 2 is 1.92 bits per heavy atom. The molecular formula is C9H16O2Si. The molecule has 1 fully saturated rings. The van der Waals surface area contributed by atoms with Crippen molar-refractivity contribution in [1.29, 1.82) is 0 Å². The summed E-state index contributed by atoms with van der Waals surface area (Å²) in [4.78, 5) is 0. The second kappa shape index (κ2) is 3.32. The molecule has 0 aromatic carbocycles. The first kappa shape index (κ1) is 8.47. The highest BCUT2D eigenvalue weighted by atomic mass is 28.3. The van der Waals surface area contributed by atoms with Crippen molar-refractivity contribution in [2.75, 3.05) is 14.2 Å². The number of hydrogen-bond donors (Lipinski definition) is 0. The van der Waals surface area contributed by atoms with Gasteiger partial charge in [-0.3, -0.25) is 0 Å². The molecular weight excluding hydrogens is 168 g/mol. The van der Waals surface area contributed by atoms with Gasteiger partial charge in [-0.1, -0.05) is 12.2 Å². The van der Waals surface area contributed by atoms with Crippen molar-refractivity contribution in [2.24, 2.45) is 11.8 Å². The summed E-state index contributed by atoms with van der Waals surface area (Å²) in [6, 6.07) is 0. The molecule has 3 heteroatoms. The maximum atomic E-state index is 5.42. The van der Waals surface area contributed by atoms with Gasteiger partial charge in [0.1, 0.15) is 0 Å². The lowest BCUT2D eigenvalue weighted by molar-refractivity contribution is 0.259. The van der Waals surface area contributed by atoms with E-state index in [4.69, 9.17) is 8.85 Å². The lowest BCUT2D eigenvalue weighted by Crippen LogP contribution is -2.28. The van der Waals surface area contributed by atoms with Crippen LogP contribution in [0.2, 0.25) is 5.54 Å². The number of rotatable bonds is 3. The van der Waals surface area contributed by atoms with E-state index in [-0.39, 0.29) is 0 Å². The van der Waals surface area contributed by atoms with Gasteiger partial charge in [0.25, 0.3) is 0 Å². The van der Waals surface area contributed by atoms with Gasteiger partial charge in [-0.05, 0) is 24.7 Å². The largest absolute Gasteiger partial charge is 0.400 e. The van der Waals surface area contributed by atoms with Gasteiger partial charge in [-0.25, -0.2) is 0 Å². The minimum atomic E-state index is -1.34. The zero-order valence-corrected chi connectivity index (χ0v) is 8.85. The average Bonchev–Trinajstić information content (AvgIpc) is 2.67. The third-order valence-corrected chi connectivity index (χ3v) is 5.54. The molecule has 3 atom stereocenters. The smallest absolute Gasteiger partial charge is 0.324 e. The van der Waals surface area contributed by atoms with Gasteiger partial charge >= 0.3 is 9.28 Å². The highest BCUT2D eigenvalue weighted by Crippen LogP contribution is 2.48. The van der Waals surface area contributed by atoms with Crippen LogP contribution in [0.15, 0.2) is 12.2 Å². The third kappa shape index (κ3) is 1.26. The summed E-state index contributed by atoms with van der Waals surface area (Å²) in [6.07, 6.45) is 7.37. The number of allylic oxidation sites excluding steroid dienone is 2. The summed E-state index contributed by atoms with van der Waals surface area (Å²) >= 11 is 0. The van der Waals surface area contributed by atoms with Gasteiger partial charge < -0.3 is 8.85 Å². The van der Waals surface area contributed by atoms with Crippen LogP contribution in [0.5, 0.6) is 0 Å². The first-order chi connectivity index (χ1) is 5.85. The van der Waals surface area contributed by atoms with Crippen LogP contribution in [0.1, 0.15) is 12.8 Å². The number of fused-ring (bicyclic) bond motifs is 2. The van der Waals surface area contributed by atoms with E-state index < -0.39 is 9.28 Å². The Labute approximate surface area is 75.4 Å². The Balaban J connectivity index is 2.01. The molecule has 0 saturated heterocycles. The summed E-state index contributed by atoms with van der Waals surface area (Å²) in [7, 11) is 2.23. The summed E-state index contributed by atoms with van der Waals surface area (Å²) in [6.45, 7) is 0. The Hall–Kier alpha value is -0.123. The monoisotopic (exact) mass is 184 g/mol. The molecule has 12 heavy (non-hydrogen) atoms. The fourth-order valence-corrected chi connectivity index (χ4v) is 4.73. The quantitative estimate of drug-likeness (QED) is 0.488. The minimum Gasteiger partial charge on any atom is -0.400 e. The van der Waals surface area contributed by atoms with Crippen LogP contribution in [-0.4, -0.2) is 23.5 Å². The fraction of sp³-hybridized carbons (Fsp3) is 0.778. The summed E-state index contributed by atoms with van der Waals surface area (Å²) in [5.74, 6) is 1.60. The molecule has 0 N–H and O–H groups in total. The van der Waals surface area contributed by atoms with Gasteiger partial charge in [-0.2, -0.15) is 0 Å². The second-order valence-corrected chi connectivity index (χ2v) is 6.32. The Bertz CT molecular complexity index is 189. The maximum Gasteiger partial charge on any atom is 0.324 e. The van der Waals surface area contributed by atoms with E-state index in [9.17, 15) is 0 Å². The third-order valence-electron chi connectivity index (χ3n) is 3.14. The van der Waals surface area contributed by atoms with Crippen molar-refractivity contribution < 1.29 is 8.85 Å². The molecule has 2 nitrogen and oxygen atoms in total. The van der Waals surface area contributed by atoms with E-state index in [0.29, 0.717) is 0 Å². The molecule has 2 aliphatic carbocycles. The molecule has 2 bridgehead atoms. The maximum absolute atomic E-state index is 5.42. The second-order valence-electron chi connectivity index (χ2n) is 3.78. The summed E-state index contributed by atoms with van der Waals surface area (Å²) in [5.41, 5.74) is 0.731.